The second kappa shape index (κ2) is 14.2. The summed E-state index contributed by atoms with van der Waals surface area (Å²) in [6, 6.07) is 10.5. The third kappa shape index (κ3) is 7.88. The molecule has 3 N–H and O–H groups in total. The van der Waals surface area contributed by atoms with Crippen LogP contribution in [0.5, 0.6) is 11.5 Å². The molecule has 1 aliphatic heterocycles. The summed E-state index contributed by atoms with van der Waals surface area (Å²) in [5.41, 5.74) is 5.38. The van der Waals surface area contributed by atoms with Gasteiger partial charge in [-0.2, -0.15) is 13.5 Å². The van der Waals surface area contributed by atoms with Crippen LogP contribution in [0.4, 0.5) is 8.78 Å². The Morgan fingerprint density at radius 2 is 1.73 bits per heavy atom. The minimum Gasteiger partial charge on any atom is -0.492 e. The van der Waals surface area contributed by atoms with Gasteiger partial charge < -0.3 is 20.1 Å². The van der Waals surface area contributed by atoms with Crippen LogP contribution in [0.3, 0.4) is 0 Å². The lowest BCUT2D eigenvalue weighted by Crippen LogP contribution is -2.58. The van der Waals surface area contributed by atoms with Gasteiger partial charge in [0.15, 0.2) is 6.04 Å². The standard InChI is InChI=1S/C33H40ClF2N3O5S/c1-2-3-18-43-30-21-24(10-13-29(30)34)33(35,36)31(32(40)39-16-14-25(37)15-17-39)38-45(41,42)28-12-9-22-19-27(11-8-23(22)20-28)44-26-6-4-5-7-26/h8-13,19-21,25-26,31,38H,2-7,14-18,37H2,1H3. The van der Waals surface area contributed by atoms with E-state index in [9.17, 15) is 13.2 Å². The number of likely N-dealkylation sites (tertiary alicyclic amines) is 1. The molecule has 3 aromatic carbocycles. The Morgan fingerprint density at radius 3 is 2.44 bits per heavy atom. The molecule has 45 heavy (non-hydrogen) atoms. The van der Waals surface area contributed by atoms with Crippen LogP contribution in [-0.2, 0) is 20.7 Å². The molecule has 0 radical (unpaired) electrons. The predicted molar refractivity (Wildman–Crippen MR) is 170 cm³/mol. The first-order valence-electron chi connectivity index (χ1n) is 15.6. The van der Waals surface area contributed by atoms with E-state index >= 15 is 8.78 Å². The van der Waals surface area contributed by atoms with Crippen molar-refractivity contribution in [1.29, 1.82) is 0 Å². The van der Waals surface area contributed by atoms with Gasteiger partial charge in [0.25, 0.3) is 5.92 Å². The highest BCUT2D eigenvalue weighted by atomic mass is 35.5. The van der Waals surface area contributed by atoms with Crippen LogP contribution in [-0.4, -0.2) is 57.1 Å². The Hall–Kier alpha value is -2.99. The number of hydrogen-bond donors (Lipinski definition) is 2. The van der Waals surface area contributed by atoms with Gasteiger partial charge in [-0.1, -0.05) is 43.1 Å². The Morgan fingerprint density at radius 1 is 1.04 bits per heavy atom. The minimum absolute atomic E-state index is 0.0334. The van der Waals surface area contributed by atoms with Crippen molar-refractivity contribution in [2.75, 3.05) is 19.7 Å². The van der Waals surface area contributed by atoms with E-state index in [2.05, 4.69) is 4.72 Å². The van der Waals surface area contributed by atoms with Crippen molar-refractivity contribution in [3.05, 3.63) is 65.2 Å². The molecule has 5 rings (SSSR count). The van der Waals surface area contributed by atoms with Crippen LogP contribution in [0.2, 0.25) is 5.02 Å². The Labute approximate surface area is 268 Å². The zero-order chi connectivity index (χ0) is 32.2. The number of nitrogens with two attached hydrogens (primary N) is 1. The fourth-order valence-electron chi connectivity index (χ4n) is 5.76. The molecule has 0 bridgehead atoms. The number of nitrogens with one attached hydrogen (secondary N) is 1. The largest absolute Gasteiger partial charge is 0.492 e. The zero-order valence-corrected chi connectivity index (χ0v) is 26.9. The number of fused-ring (bicyclic) bond motifs is 1. The van der Waals surface area contributed by atoms with Gasteiger partial charge in [-0.3, -0.25) is 4.79 Å². The first kappa shape index (κ1) is 33.4. The monoisotopic (exact) mass is 663 g/mol. The maximum Gasteiger partial charge on any atom is 0.298 e. The molecular weight excluding hydrogens is 624 g/mol. The molecule has 3 aromatic rings. The Balaban J connectivity index is 1.45. The average molecular weight is 664 g/mol. The van der Waals surface area contributed by atoms with Crippen molar-refractivity contribution >= 4 is 38.3 Å². The number of benzene rings is 3. The zero-order valence-electron chi connectivity index (χ0n) is 25.3. The molecule has 1 amide bonds. The third-order valence-corrected chi connectivity index (χ3v) is 10.2. The molecule has 244 valence electrons. The fourth-order valence-corrected chi connectivity index (χ4v) is 7.16. The van der Waals surface area contributed by atoms with Crippen molar-refractivity contribution < 1.29 is 31.5 Å². The molecule has 8 nitrogen and oxygen atoms in total. The molecule has 1 unspecified atom stereocenters. The number of carbonyl (C=O) groups is 1. The number of carbonyl (C=O) groups excluding carboxylic acids is 1. The second-order valence-electron chi connectivity index (χ2n) is 11.9. The quantitative estimate of drug-likeness (QED) is 0.218. The van der Waals surface area contributed by atoms with E-state index in [1.807, 2.05) is 13.0 Å². The van der Waals surface area contributed by atoms with Gasteiger partial charge in [-0.05, 0) is 92.1 Å². The highest BCUT2D eigenvalue weighted by Crippen LogP contribution is 2.38. The van der Waals surface area contributed by atoms with Crippen LogP contribution >= 0.6 is 11.6 Å². The van der Waals surface area contributed by atoms with Crippen molar-refractivity contribution in [3.8, 4) is 11.5 Å². The molecule has 1 atom stereocenters. The van der Waals surface area contributed by atoms with Gasteiger partial charge in [0.05, 0.1) is 22.6 Å². The van der Waals surface area contributed by atoms with Crippen LogP contribution in [0.25, 0.3) is 10.8 Å². The summed E-state index contributed by atoms with van der Waals surface area (Å²) in [5.74, 6) is -4.27. The first-order chi connectivity index (χ1) is 21.5. The van der Waals surface area contributed by atoms with Crippen molar-refractivity contribution in [3.63, 3.8) is 0 Å². The average Bonchev–Trinajstić information content (AvgIpc) is 3.53. The smallest absolute Gasteiger partial charge is 0.298 e. The summed E-state index contributed by atoms with van der Waals surface area (Å²) in [4.78, 5) is 14.7. The number of ether oxygens (including phenoxy) is 2. The number of nitrogens with zero attached hydrogens (tertiary/aromatic N) is 1. The number of unbranched alkanes of at least 4 members (excludes halogenated alkanes) is 1. The molecule has 0 spiro atoms. The Kier molecular flexibility index (Phi) is 10.5. The van der Waals surface area contributed by atoms with Crippen molar-refractivity contribution in [1.82, 2.24) is 9.62 Å². The van der Waals surface area contributed by atoms with Gasteiger partial charge >= 0.3 is 0 Å². The second-order valence-corrected chi connectivity index (χ2v) is 14.0. The van der Waals surface area contributed by atoms with Crippen LogP contribution in [0.1, 0.15) is 63.9 Å². The highest BCUT2D eigenvalue weighted by molar-refractivity contribution is 7.89. The summed E-state index contributed by atoms with van der Waals surface area (Å²) in [6.07, 6.45) is 6.79. The lowest BCUT2D eigenvalue weighted by Gasteiger charge is -2.35. The minimum atomic E-state index is -4.59. The molecule has 2 fully saturated rings. The van der Waals surface area contributed by atoms with E-state index in [0.717, 1.165) is 49.6 Å². The molecular formula is C33H40ClF2N3O5S. The van der Waals surface area contributed by atoms with Gasteiger partial charge in [-0.25, -0.2) is 8.42 Å². The molecule has 12 heteroatoms. The molecule has 1 heterocycles. The normalized spacial score (nSPS) is 17.5. The topological polar surface area (TPSA) is 111 Å². The SMILES string of the molecule is CCCCOc1cc(C(F)(F)C(NS(=O)(=O)c2ccc3cc(OC4CCCC4)ccc3c2)C(=O)N2CCC(N)CC2)ccc1Cl. The maximum absolute atomic E-state index is 16.4. The molecule has 0 aromatic heterocycles. The molecule has 1 aliphatic carbocycles. The van der Waals surface area contributed by atoms with Crippen LogP contribution in [0.15, 0.2) is 59.5 Å². The molecule has 2 aliphatic rings. The lowest BCUT2D eigenvalue weighted by molar-refractivity contribution is -0.145. The summed E-state index contributed by atoms with van der Waals surface area (Å²) in [6.45, 7) is 2.51. The number of rotatable bonds is 12. The van der Waals surface area contributed by atoms with Gasteiger partial charge in [0, 0.05) is 24.7 Å². The maximum atomic E-state index is 16.4. The molecule has 1 saturated heterocycles. The number of sulfonamides is 1. The third-order valence-electron chi connectivity index (χ3n) is 8.50. The summed E-state index contributed by atoms with van der Waals surface area (Å²) >= 11 is 6.21. The summed E-state index contributed by atoms with van der Waals surface area (Å²) < 4.78 is 73.9. The number of hydrogen-bond acceptors (Lipinski definition) is 6. The van der Waals surface area contributed by atoms with E-state index in [1.54, 1.807) is 18.2 Å². The van der Waals surface area contributed by atoms with E-state index < -0.39 is 33.5 Å². The van der Waals surface area contributed by atoms with E-state index in [1.165, 1.54) is 23.1 Å². The Bertz CT molecular complexity index is 1610. The van der Waals surface area contributed by atoms with Crippen molar-refractivity contribution in [2.45, 2.75) is 87.3 Å². The fraction of sp³-hybridized carbons (Fsp3) is 0.485. The summed E-state index contributed by atoms with van der Waals surface area (Å²) in [7, 11) is -4.59. The number of alkyl halides is 2. The van der Waals surface area contributed by atoms with Gasteiger partial charge in [0.2, 0.25) is 15.9 Å². The number of amides is 1. The van der Waals surface area contributed by atoms with Crippen molar-refractivity contribution in [2.24, 2.45) is 5.73 Å². The summed E-state index contributed by atoms with van der Waals surface area (Å²) in [5, 5.41) is 1.46. The van der Waals surface area contributed by atoms with Crippen LogP contribution < -0.4 is 19.9 Å². The van der Waals surface area contributed by atoms with E-state index in [-0.39, 0.29) is 47.5 Å². The first-order valence-corrected chi connectivity index (χ1v) is 17.4. The van der Waals surface area contributed by atoms with E-state index in [4.69, 9.17) is 26.8 Å². The van der Waals surface area contributed by atoms with Gasteiger partial charge in [0.1, 0.15) is 11.5 Å². The lowest BCUT2D eigenvalue weighted by atomic mass is 9.98. The van der Waals surface area contributed by atoms with E-state index in [0.29, 0.717) is 30.4 Å². The van der Waals surface area contributed by atoms with Gasteiger partial charge in [-0.15, -0.1) is 0 Å². The predicted octanol–water partition coefficient (Wildman–Crippen LogP) is 6.38. The number of piperidine rings is 1. The number of halogens is 3. The van der Waals surface area contributed by atoms with Crippen LogP contribution in [0, 0.1) is 0 Å². The highest BCUT2D eigenvalue weighted by Gasteiger charge is 2.50. The molecule has 1 saturated carbocycles.